The zero-order chi connectivity index (χ0) is 24.9. The topological polar surface area (TPSA) is 86.8 Å². The van der Waals surface area contributed by atoms with Gasteiger partial charge in [-0.3, -0.25) is 19.2 Å². The average Bonchev–Trinajstić information content (AvgIpc) is 3.14. The summed E-state index contributed by atoms with van der Waals surface area (Å²) in [5, 5.41) is 2.66. The maximum Gasteiger partial charge on any atom is 0.257 e. The summed E-state index contributed by atoms with van der Waals surface area (Å²) in [5.74, 6) is -1.24. The number of hydrogen-bond donors (Lipinski definition) is 1. The molecule has 0 aliphatic carbocycles. The molecular formula is C28H27N3O4. The normalized spacial score (nSPS) is 16.2. The van der Waals surface area contributed by atoms with Gasteiger partial charge in [0.05, 0.1) is 24.6 Å². The number of carbonyl (C=O) groups is 4. The van der Waals surface area contributed by atoms with Crippen LogP contribution in [0.3, 0.4) is 0 Å². The third kappa shape index (κ3) is 5.30. The molecule has 0 aromatic heterocycles. The van der Waals surface area contributed by atoms with Crippen LogP contribution in [-0.2, 0) is 25.6 Å². The summed E-state index contributed by atoms with van der Waals surface area (Å²) >= 11 is 0. The lowest BCUT2D eigenvalue weighted by Crippen LogP contribution is -2.47. The number of nitrogens with one attached hydrogen (secondary N) is 1. The molecule has 1 heterocycles. The Morgan fingerprint density at radius 3 is 2.14 bits per heavy atom. The molecule has 1 N–H and O–H groups in total. The minimum absolute atomic E-state index is 0.0933. The number of rotatable bonds is 7. The maximum absolute atomic E-state index is 13.6. The molecule has 35 heavy (non-hydrogen) atoms. The Bertz CT molecular complexity index is 1230. The van der Waals surface area contributed by atoms with Crippen molar-refractivity contribution in [2.75, 3.05) is 10.2 Å². The van der Waals surface area contributed by atoms with Crippen molar-refractivity contribution in [1.82, 2.24) is 4.90 Å². The van der Waals surface area contributed by atoms with Crippen molar-refractivity contribution >= 4 is 35.0 Å². The van der Waals surface area contributed by atoms with Gasteiger partial charge in [-0.25, -0.2) is 4.90 Å². The van der Waals surface area contributed by atoms with E-state index < -0.39 is 18.0 Å². The first-order valence-electron chi connectivity index (χ1n) is 11.5. The van der Waals surface area contributed by atoms with Crippen LogP contribution in [0.1, 0.15) is 37.4 Å². The van der Waals surface area contributed by atoms with Crippen molar-refractivity contribution in [3.8, 4) is 0 Å². The van der Waals surface area contributed by atoms with Crippen molar-refractivity contribution in [3.63, 3.8) is 0 Å². The lowest BCUT2D eigenvalue weighted by Gasteiger charge is -2.34. The van der Waals surface area contributed by atoms with E-state index in [0.29, 0.717) is 11.4 Å². The zero-order valence-electron chi connectivity index (χ0n) is 19.7. The molecule has 0 radical (unpaired) electrons. The molecule has 4 rings (SSSR count). The number of amides is 4. The van der Waals surface area contributed by atoms with Crippen LogP contribution in [0.4, 0.5) is 11.4 Å². The van der Waals surface area contributed by atoms with Gasteiger partial charge in [-0.05, 0) is 42.3 Å². The highest BCUT2D eigenvalue weighted by molar-refractivity contribution is 6.23. The Morgan fingerprint density at radius 1 is 0.943 bits per heavy atom. The monoisotopic (exact) mass is 469 g/mol. The summed E-state index contributed by atoms with van der Waals surface area (Å²) < 4.78 is 0. The van der Waals surface area contributed by atoms with E-state index in [1.807, 2.05) is 67.6 Å². The van der Waals surface area contributed by atoms with Gasteiger partial charge in [-0.2, -0.15) is 0 Å². The van der Waals surface area contributed by atoms with Gasteiger partial charge in [0.2, 0.25) is 17.7 Å². The standard InChI is InChI=1S/C28H27N3O4/c1-19(22-11-7-4-8-12-22)30(26(33)17-21-9-5-3-6-10-21)25-18-27(34)31(28(25)35)24-15-13-23(14-16-24)29-20(2)32/h3-16,19,25H,17-18H2,1-2H3,(H,29,32). The lowest BCUT2D eigenvalue weighted by atomic mass is 10.0. The van der Waals surface area contributed by atoms with Crippen LogP contribution in [0.15, 0.2) is 84.9 Å². The lowest BCUT2D eigenvalue weighted by molar-refractivity contribution is -0.140. The smallest absolute Gasteiger partial charge is 0.257 e. The predicted molar refractivity (Wildman–Crippen MR) is 133 cm³/mol. The first kappa shape index (κ1) is 23.9. The number of nitrogens with zero attached hydrogens (tertiary/aromatic N) is 2. The van der Waals surface area contributed by atoms with Crippen LogP contribution in [-0.4, -0.2) is 34.6 Å². The fourth-order valence-corrected chi connectivity index (χ4v) is 4.42. The van der Waals surface area contributed by atoms with Crippen molar-refractivity contribution in [3.05, 3.63) is 96.1 Å². The van der Waals surface area contributed by atoms with Crippen LogP contribution in [0.25, 0.3) is 0 Å². The third-order valence-electron chi connectivity index (χ3n) is 6.09. The van der Waals surface area contributed by atoms with Crippen molar-refractivity contribution < 1.29 is 19.2 Å². The minimum Gasteiger partial charge on any atom is -0.326 e. The van der Waals surface area contributed by atoms with E-state index in [9.17, 15) is 19.2 Å². The van der Waals surface area contributed by atoms with E-state index in [2.05, 4.69) is 5.32 Å². The Labute approximate surface area is 204 Å². The molecule has 2 unspecified atom stereocenters. The second kappa shape index (κ2) is 10.3. The average molecular weight is 470 g/mol. The molecule has 3 aromatic carbocycles. The molecule has 3 aromatic rings. The summed E-state index contributed by atoms with van der Waals surface area (Å²) in [6.07, 6.45) is 0.0331. The highest BCUT2D eigenvalue weighted by Gasteiger charge is 2.45. The molecule has 1 fully saturated rings. The number of anilines is 2. The predicted octanol–water partition coefficient (Wildman–Crippen LogP) is 4.11. The molecule has 0 spiro atoms. The van der Waals surface area contributed by atoms with Gasteiger partial charge < -0.3 is 10.2 Å². The van der Waals surface area contributed by atoms with E-state index in [1.165, 1.54) is 6.92 Å². The second-order valence-electron chi connectivity index (χ2n) is 8.57. The van der Waals surface area contributed by atoms with Crippen LogP contribution in [0.5, 0.6) is 0 Å². The molecule has 1 aliphatic rings. The largest absolute Gasteiger partial charge is 0.326 e. The van der Waals surface area contributed by atoms with Gasteiger partial charge in [0.15, 0.2) is 0 Å². The Morgan fingerprint density at radius 2 is 1.54 bits per heavy atom. The molecule has 4 amide bonds. The molecule has 0 bridgehead atoms. The minimum atomic E-state index is -0.913. The zero-order valence-corrected chi connectivity index (χ0v) is 19.7. The fourth-order valence-electron chi connectivity index (χ4n) is 4.42. The quantitative estimate of drug-likeness (QED) is 0.528. The Kier molecular flexibility index (Phi) is 7.06. The molecule has 178 valence electrons. The molecule has 1 aliphatic heterocycles. The first-order valence-corrected chi connectivity index (χ1v) is 11.5. The summed E-state index contributed by atoms with van der Waals surface area (Å²) in [7, 11) is 0. The van der Waals surface area contributed by atoms with Crippen LogP contribution >= 0.6 is 0 Å². The number of benzene rings is 3. The van der Waals surface area contributed by atoms with Crippen molar-refractivity contribution in [2.45, 2.75) is 38.8 Å². The van der Waals surface area contributed by atoms with Crippen LogP contribution < -0.4 is 10.2 Å². The summed E-state index contributed by atoms with van der Waals surface area (Å²) in [6, 6.07) is 24.0. The molecule has 7 heteroatoms. The van der Waals surface area contributed by atoms with Gasteiger partial charge >= 0.3 is 0 Å². The van der Waals surface area contributed by atoms with Gasteiger partial charge in [-0.15, -0.1) is 0 Å². The maximum atomic E-state index is 13.6. The van der Waals surface area contributed by atoms with Gasteiger partial charge in [-0.1, -0.05) is 60.7 Å². The molecule has 1 saturated heterocycles. The van der Waals surface area contributed by atoms with E-state index in [4.69, 9.17) is 0 Å². The van der Waals surface area contributed by atoms with Crippen molar-refractivity contribution in [2.24, 2.45) is 0 Å². The van der Waals surface area contributed by atoms with Crippen LogP contribution in [0, 0.1) is 0 Å². The SMILES string of the molecule is CC(=O)Nc1ccc(N2C(=O)CC(N(C(=O)Cc3ccccc3)C(C)c3ccccc3)C2=O)cc1. The van der Waals surface area contributed by atoms with E-state index >= 15 is 0 Å². The number of carbonyl (C=O) groups excluding carboxylic acids is 4. The summed E-state index contributed by atoms with van der Waals surface area (Å²) in [6.45, 7) is 3.28. The second-order valence-corrected chi connectivity index (χ2v) is 8.57. The molecule has 2 atom stereocenters. The highest BCUT2D eigenvalue weighted by Crippen LogP contribution is 2.32. The van der Waals surface area contributed by atoms with Crippen molar-refractivity contribution in [1.29, 1.82) is 0 Å². The molecule has 7 nitrogen and oxygen atoms in total. The number of hydrogen-bond acceptors (Lipinski definition) is 4. The molecular weight excluding hydrogens is 442 g/mol. The van der Waals surface area contributed by atoms with Gasteiger partial charge in [0, 0.05) is 12.6 Å². The summed E-state index contributed by atoms with van der Waals surface area (Å²) in [5.41, 5.74) is 2.69. The molecule has 0 saturated carbocycles. The third-order valence-corrected chi connectivity index (χ3v) is 6.09. The van der Waals surface area contributed by atoms with E-state index in [-0.39, 0.29) is 30.6 Å². The Hall–Kier alpha value is -4.26. The highest BCUT2D eigenvalue weighted by atomic mass is 16.2. The van der Waals surface area contributed by atoms with E-state index in [1.54, 1.807) is 29.2 Å². The number of imide groups is 1. The van der Waals surface area contributed by atoms with E-state index in [0.717, 1.165) is 16.0 Å². The van der Waals surface area contributed by atoms with Crippen LogP contribution in [0.2, 0.25) is 0 Å². The first-order chi connectivity index (χ1) is 16.8. The van der Waals surface area contributed by atoms with Gasteiger partial charge in [0.1, 0.15) is 6.04 Å². The fraction of sp³-hybridized carbons (Fsp3) is 0.214. The summed E-state index contributed by atoms with van der Waals surface area (Å²) in [4.78, 5) is 54.1. The van der Waals surface area contributed by atoms with Gasteiger partial charge in [0.25, 0.3) is 5.91 Å². The Balaban J connectivity index is 1.63.